The summed E-state index contributed by atoms with van der Waals surface area (Å²) in [7, 11) is 0. The van der Waals surface area contributed by atoms with Crippen LogP contribution < -0.4 is 20.7 Å². The fourth-order valence-corrected chi connectivity index (χ4v) is 1.76. The highest BCUT2D eigenvalue weighted by Gasteiger charge is 2.20. The van der Waals surface area contributed by atoms with Crippen LogP contribution in [-0.2, 0) is 14.4 Å². The number of carbonyl (C=O) groups is 3. The van der Waals surface area contributed by atoms with Crippen LogP contribution in [0.2, 0.25) is 10.0 Å². The highest BCUT2D eigenvalue weighted by molar-refractivity contribution is 6.34. The van der Waals surface area contributed by atoms with E-state index in [4.69, 9.17) is 27.9 Å². The monoisotopic (exact) mass is 359 g/mol. The molecule has 1 aromatic carbocycles. The molecular formula is C14H13Cl2N2O5-. The number of rotatable bonds is 6. The SMILES string of the molecule is CC[C@@H](Oc1cc(Cl)ccc1Cl)C(=O)NNC(=O)/C=C/C(=O)[O-]. The summed E-state index contributed by atoms with van der Waals surface area (Å²) >= 11 is 11.8. The van der Waals surface area contributed by atoms with Gasteiger partial charge >= 0.3 is 0 Å². The Morgan fingerprint density at radius 2 is 1.96 bits per heavy atom. The molecule has 0 aliphatic heterocycles. The first kappa shape index (κ1) is 18.8. The molecular weight excluding hydrogens is 347 g/mol. The summed E-state index contributed by atoms with van der Waals surface area (Å²) in [5.74, 6) is -2.78. The van der Waals surface area contributed by atoms with E-state index >= 15 is 0 Å². The summed E-state index contributed by atoms with van der Waals surface area (Å²) in [4.78, 5) is 33.3. The van der Waals surface area contributed by atoms with E-state index in [9.17, 15) is 19.5 Å². The summed E-state index contributed by atoms with van der Waals surface area (Å²) in [6.07, 6.45) is 0.586. The summed E-state index contributed by atoms with van der Waals surface area (Å²) < 4.78 is 5.47. The average molecular weight is 360 g/mol. The third kappa shape index (κ3) is 6.58. The van der Waals surface area contributed by atoms with Crippen molar-refractivity contribution in [3.8, 4) is 5.75 Å². The molecule has 2 N–H and O–H groups in total. The fraction of sp³-hybridized carbons (Fsp3) is 0.214. The zero-order valence-corrected chi connectivity index (χ0v) is 13.5. The maximum atomic E-state index is 11.9. The van der Waals surface area contributed by atoms with Gasteiger partial charge in [0, 0.05) is 17.2 Å². The first-order valence-corrected chi connectivity index (χ1v) is 7.19. The van der Waals surface area contributed by atoms with Crippen molar-refractivity contribution >= 4 is 41.0 Å². The summed E-state index contributed by atoms with van der Waals surface area (Å²) in [6, 6.07) is 4.55. The lowest BCUT2D eigenvalue weighted by Gasteiger charge is -2.18. The minimum atomic E-state index is -1.53. The van der Waals surface area contributed by atoms with Crippen LogP contribution in [0.25, 0.3) is 0 Å². The highest BCUT2D eigenvalue weighted by Crippen LogP contribution is 2.28. The van der Waals surface area contributed by atoms with Gasteiger partial charge in [-0.15, -0.1) is 0 Å². The molecule has 0 saturated carbocycles. The fourth-order valence-electron chi connectivity index (χ4n) is 1.43. The number of aliphatic carboxylic acids is 1. The molecule has 7 nitrogen and oxygen atoms in total. The van der Waals surface area contributed by atoms with E-state index < -0.39 is 23.9 Å². The molecule has 1 rings (SSSR count). The number of carboxylic acids is 1. The van der Waals surface area contributed by atoms with Crippen molar-refractivity contribution in [2.45, 2.75) is 19.4 Å². The summed E-state index contributed by atoms with van der Waals surface area (Å²) in [5.41, 5.74) is 4.12. The minimum Gasteiger partial charge on any atom is -0.545 e. The standard InChI is InChI=1S/C14H14Cl2N2O5/c1-2-10(23-11-7-8(15)3-4-9(11)16)14(22)18-17-12(19)5-6-13(20)21/h3-7,10H,2H2,1H3,(H,17,19)(H,18,22)(H,20,21)/p-1/b6-5+/t10-/m1/s1. The number of benzene rings is 1. The van der Waals surface area contributed by atoms with E-state index in [0.29, 0.717) is 23.6 Å². The lowest BCUT2D eigenvalue weighted by molar-refractivity contribution is -0.297. The second-order valence-corrected chi connectivity index (χ2v) is 5.06. The Kier molecular flexibility index (Phi) is 7.37. The maximum Gasteiger partial charge on any atom is 0.279 e. The van der Waals surface area contributed by atoms with Crippen molar-refractivity contribution in [3.63, 3.8) is 0 Å². The number of amides is 2. The largest absolute Gasteiger partial charge is 0.545 e. The number of carboxylic acid groups (broad SMARTS) is 1. The molecule has 0 spiro atoms. The molecule has 9 heteroatoms. The van der Waals surface area contributed by atoms with Crippen molar-refractivity contribution in [1.82, 2.24) is 10.9 Å². The zero-order valence-electron chi connectivity index (χ0n) is 12.0. The number of carbonyl (C=O) groups excluding carboxylic acids is 3. The van der Waals surface area contributed by atoms with E-state index in [0.717, 1.165) is 0 Å². The predicted octanol–water partition coefficient (Wildman–Crippen LogP) is 0.604. The summed E-state index contributed by atoms with van der Waals surface area (Å²) in [6.45, 7) is 1.69. The third-order valence-corrected chi connectivity index (χ3v) is 3.05. The molecule has 0 unspecified atom stereocenters. The molecule has 23 heavy (non-hydrogen) atoms. The number of halogens is 2. The van der Waals surface area contributed by atoms with Crippen molar-refractivity contribution in [3.05, 3.63) is 40.4 Å². The van der Waals surface area contributed by atoms with Gasteiger partial charge in [0.1, 0.15) is 5.75 Å². The van der Waals surface area contributed by atoms with Crippen LogP contribution in [0.3, 0.4) is 0 Å². The van der Waals surface area contributed by atoms with E-state index in [-0.39, 0.29) is 10.8 Å². The van der Waals surface area contributed by atoms with Gasteiger partial charge in [-0.1, -0.05) is 30.1 Å². The molecule has 0 aliphatic carbocycles. The first-order chi connectivity index (χ1) is 10.8. The third-order valence-electron chi connectivity index (χ3n) is 2.51. The van der Waals surface area contributed by atoms with Gasteiger partial charge in [0.2, 0.25) is 0 Å². The van der Waals surface area contributed by atoms with Gasteiger partial charge in [-0.2, -0.15) is 0 Å². The van der Waals surface area contributed by atoms with Crippen LogP contribution in [0.15, 0.2) is 30.4 Å². The van der Waals surface area contributed by atoms with Crippen molar-refractivity contribution in [2.75, 3.05) is 0 Å². The average Bonchev–Trinajstić information content (AvgIpc) is 2.51. The molecule has 0 aliphatic rings. The molecule has 0 aromatic heterocycles. The molecule has 1 aromatic rings. The number of hydrogen-bond acceptors (Lipinski definition) is 5. The van der Waals surface area contributed by atoms with Crippen LogP contribution >= 0.6 is 23.2 Å². The second kappa shape index (κ2) is 9.02. The van der Waals surface area contributed by atoms with Gasteiger partial charge in [-0.3, -0.25) is 20.4 Å². The Labute approximate surface area is 142 Å². The number of hydrazine groups is 1. The van der Waals surface area contributed by atoms with Crippen LogP contribution in [0, 0.1) is 0 Å². The van der Waals surface area contributed by atoms with E-state index in [1.807, 2.05) is 5.43 Å². The molecule has 2 amide bonds. The molecule has 0 bridgehead atoms. The van der Waals surface area contributed by atoms with E-state index in [1.165, 1.54) is 12.1 Å². The van der Waals surface area contributed by atoms with Gasteiger partial charge in [-0.25, -0.2) is 0 Å². The van der Waals surface area contributed by atoms with Gasteiger partial charge in [-0.05, 0) is 24.6 Å². The van der Waals surface area contributed by atoms with Gasteiger partial charge < -0.3 is 14.6 Å². The van der Waals surface area contributed by atoms with Gasteiger partial charge in [0.15, 0.2) is 6.10 Å². The van der Waals surface area contributed by atoms with Crippen LogP contribution in [0.1, 0.15) is 13.3 Å². The molecule has 124 valence electrons. The van der Waals surface area contributed by atoms with Crippen molar-refractivity contribution in [2.24, 2.45) is 0 Å². The first-order valence-electron chi connectivity index (χ1n) is 6.44. The Morgan fingerprint density at radius 3 is 2.57 bits per heavy atom. The molecule has 0 saturated heterocycles. The Hall–Kier alpha value is -2.25. The van der Waals surface area contributed by atoms with Crippen LogP contribution in [0.4, 0.5) is 0 Å². The quantitative estimate of drug-likeness (QED) is 0.571. The maximum absolute atomic E-state index is 11.9. The predicted molar refractivity (Wildman–Crippen MR) is 81.6 cm³/mol. The Balaban J connectivity index is 2.63. The molecule has 0 fully saturated rings. The van der Waals surface area contributed by atoms with Crippen molar-refractivity contribution in [1.29, 1.82) is 0 Å². The second-order valence-electron chi connectivity index (χ2n) is 4.22. The molecule has 0 radical (unpaired) electrons. The summed E-state index contributed by atoms with van der Waals surface area (Å²) in [5, 5.41) is 10.8. The molecule has 1 atom stereocenters. The lowest BCUT2D eigenvalue weighted by Crippen LogP contribution is -2.47. The number of hydrogen-bond donors (Lipinski definition) is 2. The Morgan fingerprint density at radius 1 is 1.26 bits per heavy atom. The van der Waals surface area contributed by atoms with Crippen molar-refractivity contribution < 1.29 is 24.2 Å². The zero-order chi connectivity index (χ0) is 17.4. The van der Waals surface area contributed by atoms with E-state index in [2.05, 4.69) is 5.43 Å². The highest BCUT2D eigenvalue weighted by atomic mass is 35.5. The lowest BCUT2D eigenvalue weighted by atomic mass is 10.2. The number of nitrogens with one attached hydrogen (secondary N) is 2. The van der Waals surface area contributed by atoms with Gasteiger partial charge in [0.05, 0.1) is 11.0 Å². The molecule has 0 heterocycles. The van der Waals surface area contributed by atoms with Crippen LogP contribution in [0.5, 0.6) is 5.75 Å². The smallest absolute Gasteiger partial charge is 0.279 e. The topological polar surface area (TPSA) is 108 Å². The minimum absolute atomic E-state index is 0.226. The van der Waals surface area contributed by atoms with Crippen LogP contribution in [-0.4, -0.2) is 23.9 Å². The normalized spacial score (nSPS) is 11.8. The Bertz CT molecular complexity index is 634. The van der Waals surface area contributed by atoms with E-state index in [1.54, 1.807) is 13.0 Å². The number of ether oxygens (including phenoxy) is 1. The van der Waals surface area contributed by atoms with Gasteiger partial charge in [0.25, 0.3) is 11.8 Å².